The van der Waals surface area contributed by atoms with E-state index in [1.165, 1.54) is 18.0 Å². The number of nitrogens with one attached hydrogen (secondary N) is 2. The summed E-state index contributed by atoms with van der Waals surface area (Å²) in [4.78, 5) is 23.6. The van der Waals surface area contributed by atoms with Crippen molar-refractivity contribution in [2.24, 2.45) is 5.10 Å². The highest BCUT2D eigenvalue weighted by molar-refractivity contribution is 8.01. The monoisotopic (exact) mass is 323 g/mol. The van der Waals surface area contributed by atoms with Gasteiger partial charge in [-0.1, -0.05) is 0 Å². The minimum Gasteiger partial charge on any atom is -0.462 e. The van der Waals surface area contributed by atoms with Crippen molar-refractivity contribution < 1.29 is 23.5 Å². The molecule has 22 heavy (non-hydrogen) atoms. The van der Waals surface area contributed by atoms with Gasteiger partial charge in [0.25, 0.3) is 5.90 Å². The fourth-order valence-corrected chi connectivity index (χ4v) is 2.92. The van der Waals surface area contributed by atoms with Gasteiger partial charge in [-0.2, -0.15) is 0 Å². The molecule has 8 nitrogen and oxygen atoms in total. The lowest BCUT2D eigenvalue weighted by Gasteiger charge is -2.14. The van der Waals surface area contributed by atoms with E-state index in [0.717, 1.165) is 0 Å². The number of hydrogen-bond acceptors (Lipinski definition) is 8. The van der Waals surface area contributed by atoms with E-state index in [9.17, 15) is 9.59 Å². The largest absolute Gasteiger partial charge is 0.462 e. The number of rotatable bonds is 4. The van der Waals surface area contributed by atoms with Crippen LogP contribution in [0.15, 0.2) is 39.4 Å². The molecule has 2 N–H and O–H groups in total. The molecule has 3 heterocycles. The molecule has 1 aromatic heterocycles. The van der Waals surface area contributed by atoms with Crippen molar-refractivity contribution in [1.82, 2.24) is 10.7 Å². The Morgan fingerprint density at radius 2 is 2.45 bits per heavy atom. The number of nitrogens with zero attached hydrogens (tertiary/aromatic N) is 1. The maximum atomic E-state index is 12.2. The number of ether oxygens (including phenoxy) is 2. The molecule has 1 aromatic rings. The molecule has 116 valence electrons. The van der Waals surface area contributed by atoms with Crippen LogP contribution in [0.2, 0.25) is 0 Å². The molecule has 0 saturated carbocycles. The van der Waals surface area contributed by atoms with Crippen LogP contribution in [0.1, 0.15) is 12.7 Å². The van der Waals surface area contributed by atoms with E-state index in [4.69, 9.17) is 13.9 Å². The zero-order valence-electron chi connectivity index (χ0n) is 11.6. The molecule has 0 aliphatic carbocycles. The zero-order chi connectivity index (χ0) is 15.5. The second-order valence-electron chi connectivity index (χ2n) is 4.33. The van der Waals surface area contributed by atoms with Crippen LogP contribution >= 0.6 is 11.8 Å². The minimum absolute atomic E-state index is 0.129. The van der Waals surface area contributed by atoms with Crippen molar-refractivity contribution in [1.29, 1.82) is 0 Å². The maximum absolute atomic E-state index is 12.2. The number of furan rings is 1. The van der Waals surface area contributed by atoms with E-state index in [1.54, 1.807) is 19.1 Å². The summed E-state index contributed by atoms with van der Waals surface area (Å²) in [5, 5.41) is 6.13. The molecular weight excluding hydrogens is 310 g/mol. The number of thioether (sulfide) groups is 1. The lowest BCUT2D eigenvalue weighted by molar-refractivity contribution is -0.138. The summed E-state index contributed by atoms with van der Waals surface area (Å²) in [5.41, 5.74) is 2.83. The van der Waals surface area contributed by atoms with Gasteiger partial charge >= 0.3 is 5.97 Å². The zero-order valence-corrected chi connectivity index (χ0v) is 12.4. The van der Waals surface area contributed by atoms with Crippen LogP contribution in [-0.4, -0.2) is 35.5 Å². The first-order valence-electron chi connectivity index (χ1n) is 6.56. The third-order valence-corrected chi connectivity index (χ3v) is 3.98. The molecule has 1 amide bonds. The van der Waals surface area contributed by atoms with Crippen LogP contribution < -0.4 is 10.7 Å². The van der Waals surface area contributed by atoms with Crippen LogP contribution in [0.3, 0.4) is 0 Å². The van der Waals surface area contributed by atoms with Gasteiger partial charge in [0, 0.05) is 0 Å². The van der Waals surface area contributed by atoms with Crippen molar-refractivity contribution >= 4 is 29.5 Å². The summed E-state index contributed by atoms with van der Waals surface area (Å²) in [6.45, 7) is 1.92. The lowest BCUT2D eigenvalue weighted by Crippen LogP contribution is -2.32. The average Bonchev–Trinajstić information content (AvgIpc) is 3.20. The Bertz CT molecular complexity index is 653. The molecule has 1 fully saturated rings. The Balaban J connectivity index is 1.86. The number of esters is 1. The van der Waals surface area contributed by atoms with Crippen molar-refractivity contribution in [3.8, 4) is 0 Å². The predicted molar refractivity (Wildman–Crippen MR) is 77.5 cm³/mol. The van der Waals surface area contributed by atoms with E-state index in [1.807, 2.05) is 0 Å². The first-order valence-corrected chi connectivity index (χ1v) is 7.61. The highest BCUT2D eigenvalue weighted by Crippen LogP contribution is 2.27. The third-order valence-electron chi connectivity index (χ3n) is 2.87. The SMILES string of the molecule is CCOC(=O)C(=C1NN=C(c2ccco2)O1)C1NC(=O)CS1. The van der Waals surface area contributed by atoms with E-state index in [2.05, 4.69) is 15.8 Å². The Morgan fingerprint density at radius 3 is 3.09 bits per heavy atom. The molecule has 2 aliphatic rings. The number of carbonyl (C=O) groups excluding carboxylic acids is 2. The van der Waals surface area contributed by atoms with E-state index >= 15 is 0 Å². The molecule has 0 bridgehead atoms. The van der Waals surface area contributed by atoms with Gasteiger partial charge in [-0.05, 0) is 19.1 Å². The van der Waals surface area contributed by atoms with Crippen LogP contribution in [0.25, 0.3) is 0 Å². The van der Waals surface area contributed by atoms with Gasteiger partial charge in [0.1, 0.15) is 10.9 Å². The smallest absolute Gasteiger partial charge is 0.342 e. The van der Waals surface area contributed by atoms with Gasteiger partial charge in [-0.25, -0.2) is 10.2 Å². The number of carbonyl (C=O) groups is 2. The summed E-state index contributed by atoms with van der Waals surface area (Å²) in [5.74, 6) is 0.310. The molecule has 0 radical (unpaired) electrons. The van der Waals surface area contributed by atoms with E-state index < -0.39 is 11.3 Å². The molecule has 9 heteroatoms. The first kappa shape index (κ1) is 14.5. The number of amides is 1. The quantitative estimate of drug-likeness (QED) is 0.615. The standard InChI is InChI=1S/C13H13N3O5S/c1-2-19-13(18)9(12-14-8(17)6-22-12)11-16-15-10(21-11)7-4-3-5-20-7/h3-5,12,16H,2,6H2,1H3,(H,14,17). The Labute approximate surface area is 129 Å². The van der Waals surface area contributed by atoms with Gasteiger partial charge in [0.05, 0.1) is 18.6 Å². The maximum Gasteiger partial charge on any atom is 0.342 e. The second kappa shape index (κ2) is 6.14. The fraction of sp³-hybridized carbons (Fsp3) is 0.308. The van der Waals surface area contributed by atoms with Gasteiger partial charge in [0.15, 0.2) is 5.76 Å². The Hall–Kier alpha value is -2.42. The normalized spacial score (nSPS) is 22.5. The molecule has 0 aromatic carbocycles. The van der Waals surface area contributed by atoms with Crippen LogP contribution in [0.5, 0.6) is 0 Å². The lowest BCUT2D eigenvalue weighted by atomic mass is 10.2. The first-order chi connectivity index (χ1) is 10.7. The summed E-state index contributed by atoms with van der Waals surface area (Å²) in [7, 11) is 0. The molecule has 2 aliphatic heterocycles. The van der Waals surface area contributed by atoms with Gasteiger partial charge in [-0.15, -0.1) is 16.9 Å². The Morgan fingerprint density at radius 1 is 1.59 bits per heavy atom. The summed E-state index contributed by atoms with van der Waals surface area (Å²) >= 11 is 1.28. The molecular formula is C13H13N3O5S. The number of hydrogen-bond donors (Lipinski definition) is 2. The molecule has 1 atom stereocenters. The van der Waals surface area contributed by atoms with Crippen LogP contribution in [0, 0.1) is 0 Å². The second-order valence-corrected chi connectivity index (χ2v) is 5.42. The minimum atomic E-state index is -0.569. The van der Waals surface area contributed by atoms with Gasteiger partial charge < -0.3 is 19.2 Å². The van der Waals surface area contributed by atoms with Gasteiger partial charge in [0.2, 0.25) is 11.8 Å². The van der Waals surface area contributed by atoms with Crippen molar-refractivity contribution in [3.05, 3.63) is 35.6 Å². The highest BCUT2D eigenvalue weighted by atomic mass is 32.2. The molecule has 1 unspecified atom stereocenters. The van der Waals surface area contributed by atoms with Crippen LogP contribution in [-0.2, 0) is 19.1 Å². The van der Waals surface area contributed by atoms with E-state index in [-0.39, 0.29) is 35.6 Å². The molecule has 1 saturated heterocycles. The summed E-state index contributed by atoms with van der Waals surface area (Å²) in [6, 6.07) is 3.38. The van der Waals surface area contributed by atoms with Crippen molar-refractivity contribution in [2.75, 3.05) is 12.4 Å². The van der Waals surface area contributed by atoms with Gasteiger partial charge in [-0.3, -0.25) is 4.79 Å². The van der Waals surface area contributed by atoms with Crippen molar-refractivity contribution in [3.63, 3.8) is 0 Å². The number of hydrazone groups is 1. The summed E-state index contributed by atoms with van der Waals surface area (Å²) in [6.07, 6.45) is 1.49. The average molecular weight is 323 g/mol. The predicted octanol–water partition coefficient (Wildman–Crippen LogP) is 0.525. The van der Waals surface area contributed by atoms with E-state index in [0.29, 0.717) is 5.76 Å². The highest BCUT2D eigenvalue weighted by Gasteiger charge is 2.36. The van der Waals surface area contributed by atoms with Crippen LogP contribution in [0.4, 0.5) is 0 Å². The fourth-order valence-electron chi connectivity index (χ4n) is 1.94. The molecule has 0 spiro atoms. The van der Waals surface area contributed by atoms with Crippen molar-refractivity contribution in [2.45, 2.75) is 12.3 Å². The summed E-state index contributed by atoms with van der Waals surface area (Å²) < 4.78 is 15.8. The topological polar surface area (TPSA) is 102 Å². The Kier molecular flexibility index (Phi) is 4.05. The molecule has 3 rings (SSSR count). The third kappa shape index (κ3) is 2.80.